The predicted octanol–water partition coefficient (Wildman–Crippen LogP) is 3.98. The van der Waals surface area contributed by atoms with Crippen LogP contribution in [0.15, 0.2) is 18.2 Å². The van der Waals surface area contributed by atoms with Crippen molar-refractivity contribution in [1.29, 1.82) is 0 Å². The van der Waals surface area contributed by atoms with E-state index in [1.807, 2.05) is 0 Å². The number of carbonyl (C=O) groups is 2. The molecule has 11 heteroatoms. The first kappa shape index (κ1) is 24.3. The van der Waals surface area contributed by atoms with Crippen molar-refractivity contribution in [2.45, 2.75) is 31.0 Å². The van der Waals surface area contributed by atoms with E-state index in [0.29, 0.717) is 5.56 Å². The molecule has 0 saturated heterocycles. The van der Waals surface area contributed by atoms with E-state index in [4.69, 9.17) is 23.2 Å². The van der Waals surface area contributed by atoms with Crippen LogP contribution < -0.4 is 0 Å². The zero-order chi connectivity index (χ0) is 21.7. The van der Waals surface area contributed by atoms with E-state index in [9.17, 15) is 33.0 Å². The largest absolute Gasteiger partial charge is 0.465 e. The molecule has 28 heavy (non-hydrogen) atoms. The Balaban J connectivity index is 3.44. The van der Waals surface area contributed by atoms with Gasteiger partial charge in [-0.2, -0.15) is 13.2 Å². The van der Waals surface area contributed by atoms with Crippen molar-refractivity contribution in [2.75, 3.05) is 27.2 Å². The highest BCUT2D eigenvalue weighted by molar-refractivity contribution is 6.42. The number of nitrogens with zero attached hydrogens (tertiary/aromatic N) is 2. The fraction of sp³-hybridized carbons (Fsp3) is 0.529. The molecule has 1 rings (SSSR count). The second-order valence-electron chi connectivity index (χ2n) is 6.37. The van der Waals surface area contributed by atoms with Gasteiger partial charge in [0.1, 0.15) is 6.42 Å². The first-order valence-electron chi connectivity index (χ1n) is 8.18. The lowest BCUT2D eigenvalue weighted by Crippen LogP contribution is -2.54. The van der Waals surface area contributed by atoms with Gasteiger partial charge in [0.05, 0.1) is 15.6 Å². The molecule has 0 radical (unpaired) electrons. The van der Waals surface area contributed by atoms with Crippen molar-refractivity contribution >= 4 is 35.2 Å². The third-order valence-corrected chi connectivity index (χ3v) is 5.15. The molecular formula is C17H21Cl2F3N2O4. The van der Waals surface area contributed by atoms with Crippen LogP contribution in [-0.2, 0) is 10.3 Å². The molecule has 0 saturated carbocycles. The Morgan fingerprint density at radius 1 is 1.14 bits per heavy atom. The van der Waals surface area contributed by atoms with Crippen LogP contribution in [0.4, 0.5) is 18.0 Å². The Morgan fingerprint density at radius 3 is 2.21 bits per heavy atom. The minimum absolute atomic E-state index is 0.0356. The molecule has 2 amide bonds. The second-order valence-corrected chi connectivity index (χ2v) is 7.19. The lowest BCUT2D eigenvalue weighted by molar-refractivity contribution is -0.161. The topological polar surface area (TPSA) is 81.1 Å². The maximum absolute atomic E-state index is 12.6. The van der Waals surface area contributed by atoms with Crippen LogP contribution >= 0.6 is 23.2 Å². The normalized spacial score (nSPS) is 13.7. The lowest BCUT2D eigenvalue weighted by Gasteiger charge is -2.43. The Kier molecular flexibility index (Phi) is 8.40. The van der Waals surface area contributed by atoms with Gasteiger partial charge in [-0.3, -0.25) is 9.69 Å². The number of aliphatic hydroxyl groups is 1. The highest BCUT2D eigenvalue weighted by Gasteiger charge is 2.42. The Labute approximate surface area is 170 Å². The average Bonchev–Trinajstić information content (AvgIpc) is 2.58. The molecule has 0 aliphatic heterocycles. The quantitative estimate of drug-likeness (QED) is 0.635. The molecule has 0 aliphatic rings. The second kappa shape index (κ2) is 9.67. The molecule has 0 unspecified atom stereocenters. The molecule has 0 aliphatic carbocycles. The van der Waals surface area contributed by atoms with E-state index in [1.165, 1.54) is 25.2 Å². The average molecular weight is 445 g/mol. The molecule has 6 nitrogen and oxygen atoms in total. The number of hydrogen-bond acceptors (Lipinski definition) is 3. The van der Waals surface area contributed by atoms with Gasteiger partial charge in [0.15, 0.2) is 0 Å². The van der Waals surface area contributed by atoms with Crippen molar-refractivity contribution < 1.29 is 33.0 Å². The van der Waals surface area contributed by atoms with Crippen LogP contribution in [0.2, 0.25) is 10.0 Å². The molecule has 2 N–H and O–H groups in total. The first-order chi connectivity index (χ1) is 12.8. The number of likely N-dealkylation sites (N-methyl/N-ethyl adjacent to an activating group) is 2. The molecule has 0 heterocycles. The van der Waals surface area contributed by atoms with Crippen LogP contribution in [0.1, 0.15) is 24.8 Å². The number of carboxylic acid groups (broad SMARTS) is 1. The third kappa shape index (κ3) is 6.15. The maximum Gasteiger partial charge on any atom is 0.407 e. The summed E-state index contributed by atoms with van der Waals surface area (Å²) in [4.78, 5) is 25.5. The Bertz CT molecular complexity index is 718. The Hall–Kier alpha value is -1.71. The van der Waals surface area contributed by atoms with Crippen LogP contribution in [0.3, 0.4) is 0 Å². The Morgan fingerprint density at radius 2 is 1.75 bits per heavy atom. The van der Waals surface area contributed by atoms with Gasteiger partial charge in [-0.15, -0.1) is 0 Å². The van der Waals surface area contributed by atoms with Gasteiger partial charge in [-0.05, 0) is 30.5 Å². The van der Waals surface area contributed by atoms with Crippen molar-refractivity contribution in [3.63, 3.8) is 0 Å². The number of halogens is 5. The van der Waals surface area contributed by atoms with Crippen LogP contribution in [0.25, 0.3) is 0 Å². The molecule has 0 aromatic heterocycles. The monoisotopic (exact) mass is 444 g/mol. The van der Waals surface area contributed by atoms with Gasteiger partial charge in [-0.1, -0.05) is 29.3 Å². The van der Waals surface area contributed by atoms with Gasteiger partial charge in [0.25, 0.3) is 0 Å². The van der Waals surface area contributed by atoms with E-state index in [1.54, 1.807) is 0 Å². The minimum atomic E-state index is -4.69. The predicted molar refractivity (Wildman–Crippen MR) is 98.6 cm³/mol. The minimum Gasteiger partial charge on any atom is -0.465 e. The van der Waals surface area contributed by atoms with E-state index in [-0.39, 0.29) is 36.0 Å². The molecule has 1 aromatic rings. The number of hydrogen-bond donors (Lipinski definition) is 2. The fourth-order valence-electron chi connectivity index (χ4n) is 2.91. The zero-order valence-corrected chi connectivity index (χ0v) is 16.8. The van der Waals surface area contributed by atoms with Gasteiger partial charge in [0.2, 0.25) is 5.91 Å². The van der Waals surface area contributed by atoms with E-state index < -0.39 is 30.1 Å². The van der Waals surface area contributed by atoms with Crippen molar-refractivity contribution in [1.82, 2.24) is 9.80 Å². The molecule has 0 spiro atoms. The van der Waals surface area contributed by atoms with Gasteiger partial charge in [0, 0.05) is 27.2 Å². The summed E-state index contributed by atoms with van der Waals surface area (Å²) in [6.45, 7) is -0.653. The standard InChI is InChI=1S/C17H21Cl2F3N2O4/c1-23(14(26)9-17(20,21)22)10-16(6-3-7-25,24(2)15(27)28)11-4-5-12(18)13(19)8-11/h4-5,8,25H,3,6-7,9-10H2,1-2H3,(H,27,28)/t16-/m1/s1. The number of amides is 2. The first-order valence-corrected chi connectivity index (χ1v) is 8.93. The molecular weight excluding hydrogens is 424 g/mol. The summed E-state index contributed by atoms with van der Waals surface area (Å²) < 4.78 is 37.8. The molecule has 1 atom stereocenters. The number of alkyl halides is 3. The van der Waals surface area contributed by atoms with E-state index >= 15 is 0 Å². The number of aliphatic hydroxyl groups excluding tert-OH is 1. The summed E-state index contributed by atoms with van der Waals surface area (Å²) in [5, 5.41) is 19.1. The summed E-state index contributed by atoms with van der Waals surface area (Å²) in [5.74, 6) is -1.21. The summed E-state index contributed by atoms with van der Waals surface area (Å²) in [7, 11) is 2.40. The fourth-order valence-corrected chi connectivity index (χ4v) is 3.21. The van der Waals surface area contributed by atoms with Crippen molar-refractivity contribution in [3.05, 3.63) is 33.8 Å². The third-order valence-electron chi connectivity index (χ3n) is 4.41. The van der Waals surface area contributed by atoms with Crippen molar-refractivity contribution in [2.24, 2.45) is 0 Å². The molecule has 0 fully saturated rings. The molecule has 1 aromatic carbocycles. The van der Waals surface area contributed by atoms with Crippen LogP contribution in [-0.4, -0.2) is 65.4 Å². The summed E-state index contributed by atoms with van der Waals surface area (Å²) in [6, 6.07) is 4.33. The SMILES string of the molecule is CN(C[C@](CCCO)(c1ccc(Cl)c(Cl)c1)N(C)C(=O)O)C(=O)CC(F)(F)F. The maximum atomic E-state index is 12.6. The summed E-state index contributed by atoms with van der Waals surface area (Å²) >= 11 is 12.0. The number of carbonyl (C=O) groups excluding carboxylic acids is 1. The van der Waals surface area contributed by atoms with Gasteiger partial charge in [-0.25, -0.2) is 4.79 Å². The summed E-state index contributed by atoms with van der Waals surface area (Å²) in [6.07, 6.45) is -7.55. The molecule has 0 bridgehead atoms. The number of benzene rings is 1. The lowest BCUT2D eigenvalue weighted by atomic mass is 9.83. The van der Waals surface area contributed by atoms with Crippen LogP contribution in [0, 0.1) is 0 Å². The van der Waals surface area contributed by atoms with Crippen molar-refractivity contribution in [3.8, 4) is 0 Å². The zero-order valence-electron chi connectivity index (χ0n) is 15.3. The smallest absolute Gasteiger partial charge is 0.407 e. The van der Waals surface area contributed by atoms with Gasteiger partial charge >= 0.3 is 12.3 Å². The van der Waals surface area contributed by atoms with Gasteiger partial charge < -0.3 is 15.1 Å². The summed E-state index contributed by atoms with van der Waals surface area (Å²) in [5.41, 5.74) is -1.11. The van der Waals surface area contributed by atoms with E-state index in [2.05, 4.69) is 0 Å². The highest BCUT2D eigenvalue weighted by Crippen LogP contribution is 2.37. The van der Waals surface area contributed by atoms with Crippen LogP contribution in [0.5, 0.6) is 0 Å². The van der Waals surface area contributed by atoms with E-state index in [0.717, 1.165) is 16.8 Å². The number of rotatable bonds is 8. The highest BCUT2D eigenvalue weighted by atomic mass is 35.5. The molecule has 158 valence electrons.